The second kappa shape index (κ2) is 60.9. The third-order valence-electron chi connectivity index (χ3n) is 0. The van der Waals surface area contributed by atoms with E-state index in [-0.39, 0.29) is 46.0 Å². The summed E-state index contributed by atoms with van der Waals surface area (Å²) in [6, 6.07) is 0. The first-order valence-electron chi connectivity index (χ1n) is 1.10. The Morgan fingerprint density at radius 2 is 0.727 bits per heavy atom. The molecule has 62 valence electrons. The van der Waals surface area contributed by atoms with Gasteiger partial charge in [0.15, 0.2) is 0 Å². The minimum absolute atomic E-state index is 0. The van der Waals surface area contributed by atoms with Gasteiger partial charge in [-0.15, -0.1) is 0 Å². The molecule has 0 rings (SSSR count). The molecule has 0 aromatic carbocycles. The summed E-state index contributed by atoms with van der Waals surface area (Å²) in [6.45, 7) is 0. The van der Waals surface area contributed by atoms with Gasteiger partial charge >= 0.3 is 46.0 Å². The van der Waals surface area contributed by atoms with Gasteiger partial charge in [0, 0.05) is 0 Å². The fourth-order valence-corrected chi connectivity index (χ4v) is 0. The van der Waals surface area contributed by atoms with Crippen molar-refractivity contribution in [2.45, 2.75) is 0 Å². The summed E-state index contributed by atoms with van der Waals surface area (Å²) in [6.07, 6.45) is 0. The predicted octanol–water partition coefficient (Wildman–Crippen LogP) is -4.34. The number of hydrogen-bond acceptors (Lipinski definition) is 6. The van der Waals surface area contributed by atoms with Gasteiger partial charge in [0.05, 0.1) is 26.1 Å². The van der Waals surface area contributed by atoms with Crippen LogP contribution in [-0.4, -0.2) is 0 Å². The maximum atomic E-state index is 8.35. The van der Waals surface area contributed by atoms with E-state index in [1.165, 1.54) is 0 Å². The Kier molecular flexibility index (Phi) is 162. The Balaban J connectivity index is -0.0000000150. The molecule has 0 aliphatic rings. The Morgan fingerprint density at radius 3 is 0.727 bits per heavy atom. The molecule has 0 amide bonds. The monoisotopic (exact) mass is 270 g/mol. The molecule has 0 aliphatic heterocycles. The molecule has 0 aromatic heterocycles. The van der Waals surface area contributed by atoms with Crippen molar-refractivity contribution in [1.29, 1.82) is 0 Å². The summed E-state index contributed by atoms with van der Waals surface area (Å²) in [5.41, 5.74) is 0. The summed E-state index contributed by atoms with van der Waals surface area (Å²) < 4.78 is 25.0. The van der Waals surface area contributed by atoms with E-state index in [9.17, 15) is 0 Å². The largest absolute Gasteiger partial charge is 2.00 e. The van der Waals surface area contributed by atoms with E-state index < -0.39 is 26.1 Å². The van der Waals surface area contributed by atoms with Gasteiger partial charge in [-0.25, -0.2) is 0 Å². The van der Waals surface area contributed by atoms with Crippen molar-refractivity contribution < 1.29 is 74.4 Å². The Labute approximate surface area is 99.8 Å². The molecule has 0 bridgehead atoms. The fraction of sp³-hybridized carbons (Fsp3) is 0. The summed E-state index contributed by atoms with van der Waals surface area (Å²) in [5, 5.41) is 0. The first-order valence-corrected chi connectivity index (χ1v) is 3.29. The Morgan fingerprint density at radius 1 is 0.727 bits per heavy atom. The van der Waals surface area contributed by atoms with Crippen LogP contribution in [0.25, 0.3) is 0 Å². The molecule has 0 radical (unpaired) electrons. The van der Waals surface area contributed by atoms with Crippen molar-refractivity contribution in [3.05, 3.63) is 0 Å². The van der Waals surface area contributed by atoms with Crippen LogP contribution in [0.1, 0.15) is 0 Å². The standard InChI is InChI=1S/Na.Ni.3HO2P/c;;3*1-3-2/h;;3*(H,1,2)/q+1;+2;;;/p-3. The maximum absolute atomic E-state index is 8.35. The van der Waals surface area contributed by atoms with Crippen LogP contribution in [0.15, 0.2) is 0 Å². The fourth-order valence-electron chi connectivity index (χ4n) is 0. The second-order valence-corrected chi connectivity index (χ2v) is 0.671. The average molecular weight is 271 g/mol. The molecule has 6 nitrogen and oxygen atoms in total. The van der Waals surface area contributed by atoms with Crippen molar-refractivity contribution in [1.82, 2.24) is 0 Å². The molecule has 0 aliphatic carbocycles. The molecule has 11 heavy (non-hydrogen) atoms. The van der Waals surface area contributed by atoms with Gasteiger partial charge in [0.2, 0.25) is 0 Å². The van der Waals surface area contributed by atoms with Crippen LogP contribution in [0.4, 0.5) is 0 Å². The minimum atomic E-state index is -1.08. The zero-order valence-corrected chi connectivity index (χ0v) is 10.8. The minimum Gasteiger partial charge on any atom is -0.772 e. The van der Waals surface area contributed by atoms with E-state index in [2.05, 4.69) is 0 Å². The van der Waals surface area contributed by atoms with Gasteiger partial charge in [-0.3, -0.25) is 13.7 Å². The third-order valence-corrected chi connectivity index (χ3v) is 0. The number of rotatable bonds is 0. The molecule has 0 N–H and O–H groups in total. The molecule has 0 heterocycles. The third kappa shape index (κ3) is 390. The van der Waals surface area contributed by atoms with Gasteiger partial charge in [0.25, 0.3) is 0 Å². The first kappa shape index (κ1) is 29.3. The molecule has 0 saturated carbocycles. The van der Waals surface area contributed by atoms with Crippen LogP contribution in [0.2, 0.25) is 0 Å². The molecule has 0 spiro atoms. The van der Waals surface area contributed by atoms with Crippen molar-refractivity contribution in [2.75, 3.05) is 0 Å². The molecular weight excluding hydrogens is 271 g/mol. The predicted molar refractivity (Wildman–Crippen MR) is 22.8 cm³/mol. The van der Waals surface area contributed by atoms with Crippen LogP contribution in [0, 0.1) is 0 Å². The van der Waals surface area contributed by atoms with E-state index in [1.807, 2.05) is 0 Å². The summed E-state index contributed by atoms with van der Waals surface area (Å²) in [5.74, 6) is 0. The zero-order valence-electron chi connectivity index (χ0n) is 5.11. The quantitative estimate of drug-likeness (QED) is 0.324. The normalized spacial score (nSPS) is 5.73. The van der Waals surface area contributed by atoms with Crippen molar-refractivity contribution >= 4 is 26.1 Å². The Bertz CT molecular complexity index is 54.6. The van der Waals surface area contributed by atoms with Gasteiger partial charge in [-0.05, 0) is 0 Å². The molecule has 0 fully saturated rings. The molecule has 0 atom stereocenters. The number of hydrogen-bond donors (Lipinski definition) is 0. The molecule has 0 unspecified atom stereocenters. The van der Waals surface area contributed by atoms with Crippen LogP contribution in [0.3, 0.4) is 0 Å². The van der Waals surface area contributed by atoms with E-state index in [0.29, 0.717) is 0 Å². The summed E-state index contributed by atoms with van der Waals surface area (Å²) in [4.78, 5) is 25.0. The average Bonchev–Trinajstić information content (AvgIpc) is 1.70. The molecule has 0 saturated heterocycles. The molecule has 11 heteroatoms. The van der Waals surface area contributed by atoms with Gasteiger partial charge < -0.3 is 14.7 Å². The van der Waals surface area contributed by atoms with Crippen molar-refractivity contribution in [2.24, 2.45) is 0 Å². The SMILES string of the molecule is O=P[O-].O=P[O-].O=P[O-].[Na+].[Ni+2]. The van der Waals surface area contributed by atoms with Crippen molar-refractivity contribution in [3.63, 3.8) is 0 Å². The summed E-state index contributed by atoms with van der Waals surface area (Å²) in [7, 11) is -3.25. The van der Waals surface area contributed by atoms with Gasteiger partial charge in [-0.1, -0.05) is 0 Å². The van der Waals surface area contributed by atoms with Gasteiger partial charge in [0.1, 0.15) is 0 Å². The smallest absolute Gasteiger partial charge is 0.772 e. The summed E-state index contributed by atoms with van der Waals surface area (Å²) >= 11 is 0. The van der Waals surface area contributed by atoms with Crippen molar-refractivity contribution in [3.8, 4) is 0 Å². The molecular formula is NaNiO6P3. The van der Waals surface area contributed by atoms with E-state index >= 15 is 0 Å². The van der Waals surface area contributed by atoms with E-state index in [4.69, 9.17) is 28.4 Å². The second-order valence-electron chi connectivity index (χ2n) is 0.224. The zero-order chi connectivity index (χ0) is 8.12. The Hall–Kier alpha value is 1.67. The van der Waals surface area contributed by atoms with Gasteiger partial charge in [-0.2, -0.15) is 0 Å². The maximum Gasteiger partial charge on any atom is 2.00 e. The van der Waals surface area contributed by atoms with E-state index in [0.717, 1.165) is 0 Å². The van der Waals surface area contributed by atoms with Crippen LogP contribution in [0.5, 0.6) is 0 Å². The van der Waals surface area contributed by atoms with Crippen LogP contribution >= 0.6 is 26.1 Å². The topological polar surface area (TPSA) is 120 Å². The van der Waals surface area contributed by atoms with Crippen LogP contribution in [-0.2, 0) is 30.2 Å². The molecule has 0 aromatic rings. The van der Waals surface area contributed by atoms with Crippen LogP contribution < -0.4 is 44.2 Å². The van der Waals surface area contributed by atoms with E-state index in [1.54, 1.807) is 0 Å². The first-order chi connectivity index (χ1) is 4.24.